The predicted octanol–water partition coefficient (Wildman–Crippen LogP) is 4.71. The second kappa shape index (κ2) is 12.3. The highest BCUT2D eigenvalue weighted by Gasteiger charge is 2.29. The molecule has 0 aliphatic carbocycles. The average Bonchev–Trinajstić information content (AvgIpc) is 2.80. The summed E-state index contributed by atoms with van der Waals surface area (Å²) in [6, 6.07) is 14.7. The average molecular weight is 455 g/mol. The Hall–Kier alpha value is -3.02. The Bertz CT molecular complexity index is 903. The van der Waals surface area contributed by atoms with Crippen LogP contribution in [0.25, 0.3) is 0 Å². The Balaban J connectivity index is 2.19. The van der Waals surface area contributed by atoms with E-state index in [1.807, 2.05) is 62.4 Å². The van der Waals surface area contributed by atoms with E-state index in [0.29, 0.717) is 31.0 Å². The third-order valence-electron chi connectivity index (χ3n) is 5.50. The van der Waals surface area contributed by atoms with Crippen molar-refractivity contribution in [1.82, 2.24) is 10.2 Å². The van der Waals surface area contributed by atoms with Crippen LogP contribution in [0.2, 0.25) is 0 Å². The van der Waals surface area contributed by atoms with Crippen molar-refractivity contribution >= 4 is 11.8 Å². The first kappa shape index (κ1) is 26.2. The smallest absolute Gasteiger partial charge is 0.261 e. The molecule has 0 spiro atoms. The van der Waals surface area contributed by atoms with E-state index >= 15 is 0 Å². The molecule has 2 aromatic rings. The quantitative estimate of drug-likeness (QED) is 0.534. The summed E-state index contributed by atoms with van der Waals surface area (Å²) in [5.74, 6) is 0.945. The van der Waals surface area contributed by atoms with E-state index in [1.54, 1.807) is 12.0 Å². The molecule has 1 atom stereocenters. The zero-order chi connectivity index (χ0) is 24.4. The molecular weight excluding hydrogens is 416 g/mol. The number of methoxy groups -OCH3 is 1. The van der Waals surface area contributed by atoms with Crippen LogP contribution in [0.3, 0.4) is 0 Å². The van der Waals surface area contributed by atoms with Gasteiger partial charge >= 0.3 is 0 Å². The van der Waals surface area contributed by atoms with Crippen molar-refractivity contribution in [2.24, 2.45) is 0 Å². The second-order valence-corrected chi connectivity index (χ2v) is 9.15. The fourth-order valence-electron chi connectivity index (χ4n) is 3.53. The molecule has 2 rings (SSSR count). The van der Waals surface area contributed by atoms with Gasteiger partial charge < -0.3 is 19.7 Å². The number of amides is 2. The number of hydrogen-bond donors (Lipinski definition) is 1. The van der Waals surface area contributed by atoms with Crippen LogP contribution in [-0.2, 0) is 21.5 Å². The Morgan fingerprint density at radius 1 is 1.03 bits per heavy atom. The van der Waals surface area contributed by atoms with Gasteiger partial charge in [-0.3, -0.25) is 9.59 Å². The number of hydrogen-bond acceptors (Lipinski definition) is 4. The number of ether oxygens (including phenoxy) is 2. The van der Waals surface area contributed by atoms with Crippen molar-refractivity contribution in [2.75, 3.05) is 20.3 Å². The molecule has 0 radical (unpaired) electrons. The molecule has 0 fully saturated rings. The van der Waals surface area contributed by atoms with Crippen molar-refractivity contribution < 1.29 is 19.1 Å². The number of carbonyl (C=O) groups excluding carboxylic acids is 2. The first-order chi connectivity index (χ1) is 15.7. The van der Waals surface area contributed by atoms with E-state index in [-0.39, 0.29) is 23.8 Å². The van der Waals surface area contributed by atoms with Gasteiger partial charge in [0.25, 0.3) is 5.91 Å². The Labute approximate surface area is 198 Å². The van der Waals surface area contributed by atoms with Crippen molar-refractivity contribution in [3.8, 4) is 11.5 Å². The lowest BCUT2D eigenvalue weighted by Crippen LogP contribution is -2.50. The van der Waals surface area contributed by atoms with Crippen LogP contribution in [0.4, 0.5) is 0 Å². The van der Waals surface area contributed by atoms with Gasteiger partial charge in [0.1, 0.15) is 17.5 Å². The Morgan fingerprint density at radius 2 is 1.73 bits per heavy atom. The summed E-state index contributed by atoms with van der Waals surface area (Å²) >= 11 is 0. The minimum Gasteiger partial charge on any atom is -0.497 e. The van der Waals surface area contributed by atoms with E-state index in [1.165, 1.54) is 5.56 Å². The van der Waals surface area contributed by atoms with E-state index in [9.17, 15) is 9.59 Å². The van der Waals surface area contributed by atoms with Gasteiger partial charge in [0.2, 0.25) is 5.91 Å². The van der Waals surface area contributed by atoms with E-state index < -0.39 is 6.04 Å². The van der Waals surface area contributed by atoms with Gasteiger partial charge in [0.05, 0.1) is 7.11 Å². The van der Waals surface area contributed by atoms with Crippen LogP contribution in [0.5, 0.6) is 11.5 Å². The molecule has 1 N–H and O–H groups in total. The van der Waals surface area contributed by atoms with Crippen LogP contribution < -0.4 is 14.8 Å². The molecule has 0 aromatic heterocycles. The topological polar surface area (TPSA) is 67.9 Å². The molecule has 6 heteroatoms. The van der Waals surface area contributed by atoms with Crippen LogP contribution in [0.1, 0.15) is 58.6 Å². The van der Waals surface area contributed by atoms with E-state index in [0.717, 1.165) is 12.0 Å². The lowest BCUT2D eigenvalue weighted by molar-refractivity contribution is -0.143. The molecule has 0 saturated heterocycles. The first-order valence-corrected chi connectivity index (χ1v) is 11.6. The number of rotatable bonds is 11. The van der Waals surface area contributed by atoms with Crippen molar-refractivity contribution in [2.45, 2.75) is 65.5 Å². The normalized spacial score (nSPS) is 12.1. The number of carbonyl (C=O) groups is 2. The minimum absolute atomic E-state index is 0.0437. The zero-order valence-electron chi connectivity index (χ0n) is 20.8. The van der Waals surface area contributed by atoms with Crippen LogP contribution in [0, 0.1) is 0 Å². The fourth-order valence-corrected chi connectivity index (χ4v) is 3.53. The van der Waals surface area contributed by atoms with Crippen LogP contribution >= 0.6 is 0 Å². The number of nitrogens with one attached hydrogen (secondary N) is 1. The predicted molar refractivity (Wildman–Crippen MR) is 132 cm³/mol. The highest BCUT2D eigenvalue weighted by atomic mass is 16.5. The molecule has 0 heterocycles. The van der Waals surface area contributed by atoms with E-state index in [4.69, 9.17) is 9.47 Å². The molecule has 2 amide bonds. The largest absolute Gasteiger partial charge is 0.497 e. The maximum atomic E-state index is 13.3. The van der Waals surface area contributed by atoms with Gasteiger partial charge in [-0.2, -0.15) is 0 Å². The van der Waals surface area contributed by atoms with Crippen LogP contribution in [0.15, 0.2) is 48.5 Å². The molecular formula is C27H38N2O4. The van der Waals surface area contributed by atoms with Gasteiger partial charge in [-0.05, 0) is 53.6 Å². The molecule has 1 unspecified atom stereocenters. The second-order valence-electron chi connectivity index (χ2n) is 9.15. The van der Waals surface area contributed by atoms with Crippen molar-refractivity contribution in [1.29, 1.82) is 0 Å². The molecule has 0 aliphatic heterocycles. The summed E-state index contributed by atoms with van der Waals surface area (Å²) < 4.78 is 11.1. The minimum atomic E-state index is -0.581. The first-order valence-electron chi connectivity index (χ1n) is 11.6. The zero-order valence-corrected chi connectivity index (χ0v) is 20.8. The standard InChI is InChI=1S/C27H38N2O4/c1-7-16-28-26(31)24(8-2)29(18-20-10-9-11-23(17-20)32-6)25(30)19-33-22-14-12-21(13-15-22)27(3,4)5/h9-15,17,24H,7-8,16,18-19H2,1-6H3,(H,28,31). The summed E-state index contributed by atoms with van der Waals surface area (Å²) in [7, 11) is 1.61. The van der Waals surface area contributed by atoms with Gasteiger partial charge in [-0.1, -0.05) is 58.9 Å². The molecule has 33 heavy (non-hydrogen) atoms. The Morgan fingerprint density at radius 3 is 2.30 bits per heavy atom. The molecule has 0 saturated carbocycles. The number of benzene rings is 2. The SMILES string of the molecule is CCCNC(=O)C(CC)N(Cc1cccc(OC)c1)C(=O)COc1ccc(C(C)(C)C)cc1. The molecule has 0 aliphatic rings. The summed E-state index contributed by atoms with van der Waals surface area (Å²) in [5.41, 5.74) is 2.13. The molecule has 6 nitrogen and oxygen atoms in total. The summed E-state index contributed by atoms with van der Waals surface area (Å²) in [6.45, 7) is 11.1. The highest BCUT2D eigenvalue weighted by Crippen LogP contribution is 2.24. The third kappa shape index (κ3) is 7.81. The summed E-state index contributed by atoms with van der Waals surface area (Å²) in [5, 5.41) is 2.92. The lowest BCUT2D eigenvalue weighted by Gasteiger charge is -2.30. The van der Waals surface area contributed by atoms with Crippen LogP contribution in [-0.4, -0.2) is 43.0 Å². The summed E-state index contributed by atoms with van der Waals surface area (Å²) in [6.07, 6.45) is 1.34. The van der Waals surface area contributed by atoms with Crippen molar-refractivity contribution in [3.63, 3.8) is 0 Å². The number of nitrogens with zero attached hydrogens (tertiary/aromatic N) is 1. The highest BCUT2D eigenvalue weighted by molar-refractivity contribution is 5.88. The van der Waals surface area contributed by atoms with Gasteiger partial charge in [0.15, 0.2) is 6.61 Å². The van der Waals surface area contributed by atoms with Crippen molar-refractivity contribution in [3.05, 3.63) is 59.7 Å². The molecule has 2 aromatic carbocycles. The fraction of sp³-hybridized carbons (Fsp3) is 0.481. The maximum absolute atomic E-state index is 13.3. The van der Waals surface area contributed by atoms with Gasteiger partial charge in [-0.15, -0.1) is 0 Å². The third-order valence-corrected chi connectivity index (χ3v) is 5.50. The molecule has 0 bridgehead atoms. The monoisotopic (exact) mass is 454 g/mol. The maximum Gasteiger partial charge on any atom is 0.261 e. The lowest BCUT2D eigenvalue weighted by atomic mass is 9.87. The van der Waals surface area contributed by atoms with E-state index in [2.05, 4.69) is 26.1 Å². The Kier molecular flexibility index (Phi) is 9.76. The van der Waals surface area contributed by atoms with Gasteiger partial charge in [-0.25, -0.2) is 0 Å². The van der Waals surface area contributed by atoms with Gasteiger partial charge in [0, 0.05) is 13.1 Å². The molecule has 180 valence electrons. The summed E-state index contributed by atoms with van der Waals surface area (Å²) in [4.78, 5) is 27.7.